The number of primary amides is 1. The lowest BCUT2D eigenvalue weighted by molar-refractivity contribution is 0.100. The van der Waals surface area contributed by atoms with E-state index in [4.69, 9.17) is 19.3 Å². The molecule has 27 heavy (non-hydrogen) atoms. The summed E-state index contributed by atoms with van der Waals surface area (Å²) in [5.41, 5.74) is 9.06. The molecule has 0 aliphatic heterocycles. The van der Waals surface area contributed by atoms with E-state index in [0.29, 0.717) is 33.9 Å². The van der Waals surface area contributed by atoms with Crippen molar-refractivity contribution in [2.75, 3.05) is 7.11 Å². The summed E-state index contributed by atoms with van der Waals surface area (Å²) in [4.78, 5) is 16.0. The number of carbonyl (C=O) groups is 1. The van der Waals surface area contributed by atoms with Gasteiger partial charge in [0.25, 0.3) is 0 Å². The first-order chi connectivity index (χ1) is 13.2. The van der Waals surface area contributed by atoms with Gasteiger partial charge in [-0.15, -0.1) is 0 Å². The number of amides is 1. The van der Waals surface area contributed by atoms with E-state index < -0.39 is 5.91 Å². The van der Waals surface area contributed by atoms with Crippen molar-refractivity contribution in [3.63, 3.8) is 0 Å². The van der Waals surface area contributed by atoms with Gasteiger partial charge in [-0.25, -0.2) is 4.98 Å². The first-order valence-corrected chi connectivity index (χ1v) is 8.34. The Morgan fingerprint density at radius 2 is 1.89 bits per heavy atom. The van der Waals surface area contributed by atoms with Gasteiger partial charge in [-0.05, 0) is 36.4 Å². The molecule has 0 aliphatic carbocycles. The number of para-hydroxylation sites is 1. The van der Waals surface area contributed by atoms with Crippen LogP contribution in [-0.4, -0.2) is 18.0 Å². The first-order valence-electron chi connectivity index (χ1n) is 8.34. The van der Waals surface area contributed by atoms with Crippen LogP contribution in [0.1, 0.15) is 10.4 Å². The number of carbonyl (C=O) groups excluding carboxylic acids is 1. The van der Waals surface area contributed by atoms with E-state index in [2.05, 4.69) is 4.98 Å². The number of nitrogens with zero attached hydrogens (tertiary/aromatic N) is 1. The number of benzene rings is 3. The van der Waals surface area contributed by atoms with Gasteiger partial charge in [0.2, 0.25) is 11.8 Å². The SMILES string of the molecule is COc1ccc(-c2nc3cc(C(N)=O)ccc3o2)c2c1oc1ccccc12. The summed E-state index contributed by atoms with van der Waals surface area (Å²) < 4.78 is 17.4. The highest BCUT2D eigenvalue weighted by atomic mass is 16.5. The Bertz CT molecular complexity index is 1350. The quantitative estimate of drug-likeness (QED) is 0.513. The van der Waals surface area contributed by atoms with Crippen LogP contribution in [0, 0.1) is 0 Å². The molecule has 6 heteroatoms. The normalized spacial score (nSPS) is 11.4. The van der Waals surface area contributed by atoms with Crippen LogP contribution >= 0.6 is 0 Å². The van der Waals surface area contributed by atoms with Crippen LogP contribution in [0.5, 0.6) is 5.75 Å². The summed E-state index contributed by atoms with van der Waals surface area (Å²) in [6.07, 6.45) is 0. The molecule has 0 radical (unpaired) electrons. The van der Waals surface area contributed by atoms with Gasteiger partial charge < -0.3 is 19.3 Å². The first kappa shape index (κ1) is 15.5. The van der Waals surface area contributed by atoms with Crippen molar-refractivity contribution in [2.45, 2.75) is 0 Å². The number of methoxy groups -OCH3 is 1. The predicted molar refractivity (Wildman–Crippen MR) is 102 cm³/mol. The minimum atomic E-state index is -0.505. The van der Waals surface area contributed by atoms with Crippen molar-refractivity contribution in [1.82, 2.24) is 4.98 Å². The summed E-state index contributed by atoms with van der Waals surface area (Å²) in [6, 6.07) is 16.4. The molecule has 2 heterocycles. The highest BCUT2D eigenvalue weighted by Crippen LogP contribution is 2.41. The van der Waals surface area contributed by atoms with E-state index >= 15 is 0 Å². The van der Waals surface area contributed by atoms with Gasteiger partial charge in [-0.2, -0.15) is 0 Å². The number of furan rings is 1. The molecule has 0 atom stereocenters. The third kappa shape index (κ3) is 2.27. The van der Waals surface area contributed by atoms with Gasteiger partial charge in [-0.3, -0.25) is 4.79 Å². The Morgan fingerprint density at radius 3 is 2.70 bits per heavy atom. The molecule has 0 fully saturated rings. The number of nitrogens with two attached hydrogens (primary N) is 1. The van der Waals surface area contributed by atoms with Gasteiger partial charge in [0.05, 0.1) is 7.11 Å². The Labute approximate surface area is 153 Å². The number of oxazole rings is 1. The standard InChI is InChI=1S/C21H14N2O4/c1-25-17-9-7-13(18-12-4-2-3-5-15(12)26-19(17)18)21-23-14-10-11(20(22)24)6-8-16(14)27-21/h2-10H,1H3,(H2,22,24). The zero-order valence-electron chi connectivity index (χ0n) is 14.4. The van der Waals surface area contributed by atoms with Crippen LogP contribution in [0.15, 0.2) is 63.4 Å². The van der Waals surface area contributed by atoms with E-state index in [1.165, 1.54) is 0 Å². The Balaban J connectivity index is 1.82. The second-order valence-corrected chi connectivity index (χ2v) is 6.18. The maximum atomic E-state index is 11.4. The van der Waals surface area contributed by atoms with E-state index in [-0.39, 0.29) is 0 Å². The molecule has 2 aromatic heterocycles. The fourth-order valence-electron chi connectivity index (χ4n) is 3.34. The second kappa shape index (κ2) is 5.60. The molecule has 0 unspecified atom stereocenters. The van der Waals surface area contributed by atoms with Crippen molar-refractivity contribution in [1.29, 1.82) is 0 Å². The summed E-state index contributed by atoms with van der Waals surface area (Å²) in [7, 11) is 1.60. The number of ether oxygens (including phenoxy) is 1. The van der Waals surface area contributed by atoms with E-state index in [1.807, 2.05) is 36.4 Å². The molecule has 0 bridgehead atoms. The van der Waals surface area contributed by atoms with Crippen LogP contribution in [0.2, 0.25) is 0 Å². The zero-order chi connectivity index (χ0) is 18.5. The van der Waals surface area contributed by atoms with E-state index in [9.17, 15) is 4.79 Å². The van der Waals surface area contributed by atoms with Gasteiger partial charge in [0.15, 0.2) is 16.9 Å². The van der Waals surface area contributed by atoms with Gasteiger partial charge in [-0.1, -0.05) is 18.2 Å². The number of hydrogen-bond acceptors (Lipinski definition) is 5. The molecule has 0 spiro atoms. The Kier molecular flexibility index (Phi) is 3.21. The summed E-state index contributed by atoms with van der Waals surface area (Å²) >= 11 is 0. The molecule has 1 amide bonds. The average Bonchev–Trinajstić information content (AvgIpc) is 3.28. The van der Waals surface area contributed by atoms with E-state index in [0.717, 1.165) is 21.9 Å². The summed E-state index contributed by atoms with van der Waals surface area (Å²) in [5.74, 6) is 0.567. The summed E-state index contributed by atoms with van der Waals surface area (Å²) in [5, 5.41) is 1.81. The fraction of sp³-hybridized carbons (Fsp3) is 0.0476. The maximum Gasteiger partial charge on any atom is 0.248 e. The second-order valence-electron chi connectivity index (χ2n) is 6.18. The monoisotopic (exact) mass is 358 g/mol. The van der Waals surface area contributed by atoms with Crippen LogP contribution in [0.3, 0.4) is 0 Å². The number of hydrogen-bond donors (Lipinski definition) is 1. The van der Waals surface area contributed by atoms with Gasteiger partial charge >= 0.3 is 0 Å². The lowest BCUT2D eigenvalue weighted by atomic mass is 10.1. The highest BCUT2D eigenvalue weighted by Gasteiger charge is 2.20. The Hall–Kier alpha value is -3.80. The molecule has 132 valence electrons. The van der Waals surface area contributed by atoms with E-state index in [1.54, 1.807) is 25.3 Å². The van der Waals surface area contributed by atoms with Gasteiger partial charge in [0, 0.05) is 21.9 Å². The van der Waals surface area contributed by atoms with Crippen molar-refractivity contribution < 1.29 is 18.4 Å². The van der Waals surface area contributed by atoms with Crippen LogP contribution in [-0.2, 0) is 0 Å². The lowest BCUT2D eigenvalue weighted by Gasteiger charge is -2.03. The smallest absolute Gasteiger partial charge is 0.248 e. The molecule has 5 rings (SSSR count). The average molecular weight is 358 g/mol. The largest absolute Gasteiger partial charge is 0.493 e. The number of aromatic nitrogens is 1. The zero-order valence-corrected chi connectivity index (χ0v) is 14.4. The van der Waals surface area contributed by atoms with Crippen molar-refractivity contribution in [3.8, 4) is 17.2 Å². The summed E-state index contributed by atoms with van der Waals surface area (Å²) in [6.45, 7) is 0. The third-order valence-electron chi connectivity index (χ3n) is 4.61. The molecule has 5 aromatic rings. The molecule has 0 saturated heterocycles. The minimum Gasteiger partial charge on any atom is -0.493 e. The third-order valence-corrected chi connectivity index (χ3v) is 4.61. The fourth-order valence-corrected chi connectivity index (χ4v) is 3.34. The highest BCUT2D eigenvalue weighted by molar-refractivity contribution is 6.13. The van der Waals surface area contributed by atoms with Crippen LogP contribution in [0.25, 0.3) is 44.5 Å². The topological polar surface area (TPSA) is 91.5 Å². The molecule has 6 nitrogen and oxygen atoms in total. The molecule has 0 saturated carbocycles. The molecular formula is C21H14N2O4. The van der Waals surface area contributed by atoms with Crippen molar-refractivity contribution in [3.05, 3.63) is 60.2 Å². The van der Waals surface area contributed by atoms with Crippen LogP contribution < -0.4 is 10.5 Å². The Morgan fingerprint density at radius 1 is 1.04 bits per heavy atom. The molecular weight excluding hydrogens is 344 g/mol. The minimum absolute atomic E-state index is 0.385. The lowest BCUT2D eigenvalue weighted by Crippen LogP contribution is -2.10. The van der Waals surface area contributed by atoms with Crippen molar-refractivity contribution >= 4 is 38.9 Å². The molecule has 0 aliphatic rings. The predicted octanol–water partition coefficient (Wildman–Crippen LogP) is 4.50. The van der Waals surface area contributed by atoms with Gasteiger partial charge in [0.1, 0.15) is 11.1 Å². The molecule has 2 N–H and O–H groups in total. The number of rotatable bonds is 3. The van der Waals surface area contributed by atoms with Crippen molar-refractivity contribution in [2.24, 2.45) is 5.73 Å². The van der Waals surface area contributed by atoms with Crippen LogP contribution in [0.4, 0.5) is 0 Å². The molecule has 3 aromatic carbocycles. The number of fused-ring (bicyclic) bond motifs is 4. The maximum absolute atomic E-state index is 11.4.